The van der Waals surface area contributed by atoms with Crippen molar-refractivity contribution >= 4 is 0 Å². The average molecular weight is 251 g/mol. The van der Waals surface area contributed by atoms with Gasteiger partial charge in [0.05, 0.1) is 24.9 Å². The lowest BCUT2D eigenvalue weighted by molar-refractivity contribution is -0.101. The SMILES string of the molecule is OC[C@H]1CN(C[C@H](O)[C@@H](O)CO)C[C@@H](O)[C@H]1O. The molecule has 6 N–H and O–H groups in total. The molecule has 0 saturated carbocycles. The minimum atomic E-state index is -1.23. The lowest BCUT2D eigenvalue weighted by Gasteiger charge is -2.39. The van der Waals surface area contributed by atoms with E-state index in [0.29, 0.717) is 6.54 Å². The predicted octanol–water partition coefficient (Wildman–Crippen LogP) is -3.65. The second-order valence-corrected chi connectivity index (χ2v) is 4.54. The van der Waals surface area contributed by atoms with Crippen LogP contribution < -0.4 is 0 Å². The minimum Gasteiger partial charge on any atom is -0.396 e. The van der Waals surface area contributed by atoms with E-state index in [-0.39, 0.29) is 19.7 Å². The fourth-order valence-electron chi connectivity index (χ4n) is 2.02. The Morgan fingerprint density at radius 2 is 1.71 bits per heavy atom. The van der Waals surface area contributed by atoms with E-state index < -0.39 is 36.9 Å². The van der Waals surface area contributed by atoms with Crippen LogP contribution in [0, 0.1) is 5.92 Å². The van der Waals surface area contributed by atoms with E-state index in [1.807, 2.05) is 0 Å². The summed E-state index contributed by atoms with van der Waals surface area (Å²) in [5.41, 5.74) is 0. The molecule has 7 heteroatoms. The molecule has 5 atom stereocenters. The monoisotopic (exact) mass is 251 g/mol. The number of likely N-dealkylation sites (tertiary alicyclic amines) is 1. The predicted molar refractivity (Wildman–Crippen MR) is 58.1 cm³/mol. The van der Waals surface area contributed by atoms with Gasteiger partial charge >= 0.3 is 0 Å². The summed E-state index contributed by atoms with van der Waals surface area (Å²) in [4.78, 5) is 1.64. The molecule has 1 rings (SSSR count). The molecule has 1 fully saturated rings. The van der Waals surface area contributed by atoms with Gasteiger partial charge in [0, 0.05) is 32.2 Å². The second kappa shape index (κ2) is 6.60. The maximum absolute atomic E-state index is 9.56. The summed E-state index contributed by atoms with van der Waals surface area (Å²) < 4.78 is 0. The molecule has 0 unspecified atom stereocenters. The minimum absolute atomic E-state index is 0.0714. The molecule has 0 aromatic rings. The molecule has 1 aliphatic rings. The van der Waals surface area contributed by atoms with Crippen molar-refractivity contribution in [3.8, 4) is 0 Å². The maximum Gasteiger partial charge on any atom is 0.104 e. The highest BCUT2D eigenvalue weighted by Crippen LogP contribution is 2.17. The van der Waals surface area contributed by atoms with E-state index in [0.717, 1.165) is 0 Å². The normalized spacial score (nSPS) is 34.6. The Labute approximate surface area is 99.5 Å². The standard InChI is InChI=1S/C10H21NO6/c12-4-6-1-11(3-8(15)10(6)17)2-7(14)9(16)5-13/h6-10,12-17H,1-5H2/t6-,7+,8-,9+,10+/m1/s1. The Hall–Kier alpha value is -0.280. The third-order valence-corrected chi connectivity index (χ3v) is 3.13. The van der Waals surface area contributed by atoms with Crippen molar-refractivity contribution in [2.24, 2.45) is 5.92 Å². The highest BCUT2D eigenvalue weighted by atomic mass is 16.4. The van der Waals surface area contributed by atoms with Gasteiger partial charge in [-0.05, 0) is 0 Å². The van der Waals surface area contributed by atoms with Crippen LogP contribution in [0.2, 0.25) is 0 Å². The molecule has 1 heterocycles. The number of hydrogen-bond acceptors (Lipinski definition) is 7. The lowest BCUT2D eigenvalue weighted by Crippen LogP contribution is -2.56. The Bertz CT molecular complexity index is 229. The molecule has 1 saturated heterocycles. The molecule has 0 aromatic heterocycles. The number of rotatable bonds is 5. The van der Waals surface area contributed by atoms with E-state index >= 15 is 0 Å². The van der Waals surface area contributed by atoms with Crippen molar-refractivity contribution in [2.75, 3.05) is 32.8 Å². The number of β-amino-alcohol motifs (C(OH)–C–C–N with tert-alkyl or cyclic N) is 2. The molecule has 0 spiro atoms. The first-order valence-corrected chi connectivity index (χ1v) is 5.66. The Morgan fingerprint density at radius 1 is 1.06 bits per heavy atom. The van der Waals surface area contributed by atoms with E-state index in [2.05, 4.69) is 0 Å². The summed E-state index contributed by atoms with van der Waals surface area (Å²) in [5.74, 6) is -0.475. The van der Waals surface area contributed by atoms with Crippen LogP contribution in [0.25, 0.3) is 0 Å². The van der Waals surface area contributed by atoms with Crippen LogP contribution in [0.3, 0.4) is 0 Å². The topological polar surface area (TPSA) is 125 Å². The largest absolute Gasteiger partial charge is 0.396 e. The van der Waals surface area contributed by atoms with Gasteiger partial charge in [-0.1, -0.05) is 0 Å². The molecular weight excluding hydrogens is 230 g/mol. The molecule has 0 bridgehead atoms. The Morgan fingerprint density at radius 3 is 2.24 bits per heavy atom. The molecule has 0 radical (unpaired) electrons. The van der Waals surface area contributed by atoms with Gasteiger partial charge in [0.1, 0.15) is 6.10 Å². The van der Waals surface area contributed by atoms with Gasteiger partial charge in [-0.3, -0.25) is 4.90 Å². The number of aliphatic hydroxyl groups is 6. The van der Waals surface area contributed by atoms with Crippen molar-refractivity contribution in [1.82, 2.24) is 4.90 Å². The zero-order chi connectivity index (χ0) is 13.0. The highest BCUT2D eigenvalue weighted by Gasteiger charge is 2.35. The lowest BCUT2D eigenvalue weighted by atomic mass is 9.93. The zero-order valence-electron chi connectivity index (χ0n) is 9.55. The maximum atomic E-state index is 9.56. The van der Waals surface area contributed by atoms with Gasteiger partial charge < -0.3 is 30.6 Å². The molecule has 17 heavy (non-hydrogen) atoms. The van der Waals surface area contributed by atoms with Crippen LogP contribution in [0.15, 0.2) is 0 Å². The molecule has 7 nitrogen and oxygen atoms in total. The number of nitrogens with zero attached hydrogens (tertiary/aromatic N) is 1. The zero-order valence-corrected chi connectivity index (χ0v) is 9.55. The number of hydrogen-bond donors (Lipinski definition) is 6. The average Bonchev–Trinajstić information content (AvgIpc) is 2.32. The van der Waals surface area contributed by atoms with Gasteiger partial charge in [0.15, 0.2) is 0 Å². The van der Waals surface area contributed by atoms with Crippen molar-refractivity contribution in [1.29, 1.82) is 0 Å². The quantitative estimate of drug-likeness (QED) is 0.297. The third kappa shape index (κ3) is 3.85. The van der Waals surface area contributed by atoms with Crippen molar-refractivity contribution in [2.45, 2.75) is 24.4 Å². The van der Waals surface area contributed by atoms with E-state index in [1.165, 1.54) is 0 Å². The molecule has 1 aliphatic heterocycles. The van der Waals surface area contributed by atoms with Crippen LogP contribution in [0.1, 0.15) is 0 Å². The molecule has 0 aromatic carbocycles. The smallest absolute Gasteiger partial charge is 0.104 e. The summed E-state index contributed by atoms with van der Waals surface area (Å²) in [6, 6.07) is 0. The van der Waals surface area contributed by atoms with Gasteiger partial charge in [0.25, 0.3) is 0 Å². The van der Waals surface area contributed by atoms with Gasteiger partial charge in [0.2, 0.25) is 0 Å². The fourth-order valence-corrected chi connectivity index (χ4v) is 2.02. The fraction of sp³-hybridized carbons (Fsp3) is 1.00. The first-order valence-electron chi connectivity index (χ1n) is 5.66. The number of aliphatic hydroxyl groups excluding tert-OH is 6. The van der Waals surface area contributed by atoms with E-state index in [4.69, 9.17) is 10.2 Å². The van der Waals surface area contributed by atoms with E-state index in [1.54, 1.807) is 4.90 Å². The van der Waals surface area contributed by atoms with Crippen LogP contribution in [-0.2, 0) is 0 Å². The van der Waals surface area contributed by atoms with Gasteiger partial charge in [-0.25, -0.2) is 0 Å². The van der Waals surface area contributed by atoms with Gasteiger partial charge in [-0.2, -0.15) is 0 Å². The van der Waals surface area contributed by atoms with Crippen LogP contribution in [-0.4, -0.2) is 92.8 Å². The Balaban J connectivity index is 2.49. The first-order chi connectivity index (χ1) is 7.99. The summed E-state index contributed by atoms with van der Waals surface area (Å²) in [6.45, 7) is -0.240. The van der Waals surface area contributed by atoms with Crippen LogP contribution in [0.4, 0.5) is 0 Å². The number of piperidine rings is 1. The first kappa shape index (κ1) is 14.8. The Kier molecular flexibility index (Phi) is 5.74. The highest BCUT2D eigenvalue weighted by molar-refractivity contribution is 4.87. The molecule has 0 aliphatic carbocycles. The van der Waals surface area contributed by atoms with Crippen molar-refractivity contribution in [3.05, 3.63) is 0 Å². The molecule has 0 amide bonds. The summed E-state index contributed by atoms with van der Waals surface area (Å²) >= 11 is 0. The summed E-state index contributed by atoms with van der Waals surface area (Å²) in [7, 11) is 0. The molecular formula is C10H21NO6. The summed E-state index contributed by atoms with van der Waals surface area (Å²) in [6.07, 6.45) is -4.32. The van der Waals surface area contributed by atoms with Crippen LogP contribution in [0.5, 0.6) is 0 Å². The summed E-state index contributed by atoms with van der Waals surface area (Å²) in [5, 5.41) is 55.6. The van der Waals surface area contributed by atoms with Crippen LogP contribution >= 0.6 is 0 Å². The molecule has 102 valence electrons. The second-order valence-electron chi connectivity index (χ2n) is 4.54. The third-order valence-electron chi connectivity index (χ3n) is 3.13. The van der Waals surface area contributed by atoms with E-state index in [9.17, 15) is 20.4 Å². The van der Waals surface area contributed by atoms with Crippen molar-refractivity contribution < 1.29 is 30.6 Å². The van der Waals surface area contributed by atoms with Crippen molar-refractivity contribution in [3.63, 3.8) is 0 Å². The van der Waals surface area contributed by atoms with Gasteiger partial charge in [-0.15, -0.1) is 0 Å².